The lowest BCUT2D eigenvalue weighted by atomic mass is 9.77. The van der Waals surface area contributed by atoms with Crippen molar-refractivity contribution < 1.29 is 0 Å². The maximum atomic E-state index is 6.42. The van der Waals surface area contributed by atoms with Gasteiger partial charge in [-0.3, -0.25) is 0 Å². The number of nitrogens with one attached hydrogen (secondary N) is 1. The molecule has 1 aliphatic carbocycles. The van der Waals surface area contributed by atoms with E-state index in [1.165, 1.54) is 25.7 Å². The van der Waals surface area contributed by atoms with E-state index < -0.39 is 0 Å². The fourth-order valence-corrected chi connectivity index (χ4v) is 2.55. The Hall–Kier alpha value is -0.0800. The molecule has 1 rings (SSSR count). The molecule has 90 valence electrons. The molecule has 3 N–H and O–H groups in total. The monoisotopic (exact) mass is 212 g/mol. The van der Waals surface area contributed by atoms with Crippen LogP contribution in [0.5, 0.6) is 0 Å². The Morgan fingerprint density at radius 2 is 2.07 bits per heavy atom. The van der Waals surface area contributed by atoms with Crippen LogP contribution in [0.3, 0.4) is 0 Å². The summed E-state index contributed by atoms with van der Waals surface area (Å²) in [6, 6.07) is 0. The lowest BCUT2D eigenvalue weighted by Gasteiger charge is -2.37. The van der Waals surface area contributed by atoms with E-state index >= 15 is 0 Å². The average Bonchev–Trinajstić information content (AvgIpc) is 1.99. The highest BCUT2D eigenvalue weighted by molar-refractivity contribution is 4.91. The summed E-state index contributed by atoms with van der Waals surface area (Å²) in [6.07, 6.45) is 5.03. The van der Waals surface area contributed by atoms with Gasteiger partial charge in [-0.15, -0.1) is 0 Å². The van der Waals surface area contributed by atoms with E-state index in [9.17, 15) is 0 Å². The molecule has 0 saturated heterocycles. The third kappa shape index (κ3) is 4.98. The standard InChI is InChI=1S/C13H28N2/c1-11-6-5-7-13(14,8-11)10-15-9-12(2,3)4/h11,15H,5-10,14H2,1-4H3. The summed E-state index contributed by atoms with van der Waals surface area (Å²) < 4.78 is 0. The van der Waals surface area contributed by atoms with Crippen LogP contribution in [0.15, 0.2) is 0 Å². The highest BCUT2D eigenvalue weighted by Crippen LogP contribution is 2.29. The average molecular weight is 212 g/mol. The zero-order valence-corrected chi connectivity index (χ0v) is 10.9. The molecule has 2 unspecified atom stereocenters. The first-order valence-electron chi connectivity index (χ1n) is 6.30. The van der Waals surface area contributed by atoms with Crippen LogP contribution in [0, 0.1) is 11.3 Å². The summed E-state index contributed by atoms with van der Waals surface area (Å²) in [7, 11) is 0. The quantitative estimate of drug-likeness (QED) is 0.754. The molecule has 0 spiro atoms. The molecule has 1 saturated carbocycles. The van der Waals surface area contributed by atoms with Crippen LogP contribution in [-0.4, -0.2) is 18.6 Å². The van der Waals surface area contributed by atoms with Crippen molar-refractivity contribution in [3.63, 3.8) is 0 Å². The minimum Gasteiger partial charge on any atom is -0.324 e. The Bertz CT molecular complexity index is 195. The minimum absolute atomic E-state index is 0.0584. The van der Waals surface area contributed by atoms with Crippen LogP contribution in [-0.2, 0) is 0 Å². The Labute approximate surface area is 95.0 Å². The van der Waals surface area contributed by atoms with Gasteiger partial charge in [-0.25, -0.2) is 0 Å². The Morgan fingerprint density at radius 3 is 2.60 bits per heavy atom. The molecule has 0 radical (unpaired) electrons. The molecule has 0 aromatic carbocycles. The molecule has 0 amide bonds. The summed E-state index contributed by atoms with van der Waals surface area (Å²) in [5.41, 5.74) is 6.83. The van der Waals surface area contributed by atoms with Gasteiger partial charge in [-0.2, -0.15) is 0 Å². The van der Waals surface area contributed by atoms with Gasteiger partial charge < -0.3 is 11.1 Å². The first kappa shape index (κ1) is 13.0. The van der Waals surface area contributed by atoms with E-state index in [2.05, 4.69) is 33.0 Å². The maximum Gasteiger partial charge on any atom is 0.0283 e. The highest BCUT2D eigenvalue weighted by Gasteiger charge is 2.30. The molecule has 0 bridgehead atoms. The van der Waals surface area contributed by atoms with Gasteiger partial charge in [0.2, 0.25) is 0 Å². The lowest BCUT2D eigenvalue weighted by molar-refractivity contribution is 0.221. The Balaban J connectivity index is 2.30. The van der Waals surface area contributed by atoms with Gasteiger partial charge in [0, 0.05) is 18.6 Å². The normalized spacial score (nSPS) is 33.0. The second-order valence-corrected chi connectivity index (χ2v) is 6.73. The van der Waals surface area contributed by atoms with Crippen LogP contribution < -0.4 is 11.1 Å². The third-order valence-electron chi connectivity index (χ3n) is 3.26. The van der Waals surface area contributed by atoms with Gasteiger partial charge >= 0.3 is 0 Å². The molecule has 2 nitrogen and oxygen atoms in total. The molecule has 1 aliphatic rings. The summed E-state index contributed by atoms with van der Waals surface area (Å²) in [6.45, 7) is 11.1. The molecule has 1 fully saturated rings. The Morgan fingerprint density at radius 1 is 1.40 bits per heavy atom. The van der Waals surface area contributed by atoms with E-state index in [4.69, 9.17) is 5.73 Å². The van der Waals surface area contributed by atoms with Crippen molar-refractivity contribution in [1.29, 1.82) is 0 Å². The third-order valence-corrected chi connectivity index (χ3v) is 3.26. The van der Waals surface area contributed by atoms with Crippen LogP contribution in [0.2, 0.25) is 0 Å². The number of nitrogens with two attached hydrogens (primary N) is 1. The Kier molecular flexibility index (Phi) is 4.19. The van der Waals surface area contributed by atoms with Crippen LogP contribution in [0.4, 0.5) is 0 Å². The zero-order chi connectivity index (χ0) is 11.5. The van der Waals surface area contributed by atoms with Gasteiger partial charge in [0.1, 0.15) is 0 Å². The van der Waals surface area contributed by atoms with Crippen molar-refractivity contribution >= 4 is 0 Å². The van der Waals surface area contributed by atoms with E-state index in [0.717, 1.165) is 19.0 Å². The zero-order valence-electron chi connectivity index (χ0n) is 10.9. The molecular weight excluding hydrogens is 184 g/mol. The van der Waals surface area contributed by atoms with Gasteiger partial charge in [0.05, 0.1) is 0 Å². The van der Waals surface area contributed by atoms with Gasteiger partial charge in [-0.05, 0) is 24.2 Å². The first-order valence-corrected chi connectivity index (χ1v) is 6.30. The molecule has 15 heavy (non-hydrogen) atoms. The molecular formula is C13H28N2. The van der Waals surface area contributed by atoms with E-state index in [1.54, 1.807) is 0 Å². The van der Waals surface area contributed by atoms with Crippen molar-refractivity contribution in [3.05, 3.63) is 0 Å². The van der Waals surface area contributed by atoms with Crippen molar-refractivity contribution in [2.45, 2.75) is 58.9 Å². The first-order chi connectivity index (χ1) is 6.81. The minimum atomic E-state index is 0.0584. The maximum absolute atomic E-state index is 6.42. The number of hydrogen-bond donors (Lipinski definition) is 2. The summed E-state index contributed by atoms with van der Waals surface area (Å²) in [5.74, 6) is 0.806. The fraction of sp³-hybridized carbons (Fsp3) is 1.00. The molecule has 0 heterocycles. The number of hydrogen-bond acceptors (Lipinski definition) is 2. The lowest BCUT2D eigenvalue weighted by Crippen LogP contribution is -2.52. The summed E-state index contributed by atoms with van der Waals surface area (Å²) in [5, 5.41) is 3.53. The smallest absolute Gasteiger partial charge is 0.0283 e. The number of rotatable bonds is 3. The van der Waals surface area contributed by atoms with Gasteiger partial charge in [-0.1, -0.05) is 40.5 Å². The van der Waals surface area contributed by atoms with E-state index in [1.807, 2.05) is 0 Å². The molecule has 2 atom stereocenters. The fourth-order valence-electron chi connectivity index (χ4n) is 2.55. The second-order valence-electron chi connectivity index (χ2n) is 6.73. The van der Waals surface area contributed by atoms with Crippen molar-refractivity contribution in [2.24, 2.45) is 17.1 Å². The largest absolute Gasteiger partial charge is 0.324 e. The predicted molar refractivity (Wildman–Crippen MR) is 66.9 cm³/mol. The second kappa shape index (κ2) is 4.84. The SMILES string of the molecule is CC1CCCC(N)(CNCC(C)(C)C)C1. The van der Waals surface area contributed by atoms with Crippen molar-refractivity contribution in [3.8, 4) is 0 Å². The summed E-state index contributed by atoms with van der Waals surface area (Å²) >= 11 is 0. The highest BCUT2D eigenvalue weighted by atomic mass is 14.9. The van der Waals surface area contributed by atoms with Crippen LogP contribution >= 0.6 is 0 Å². The van der Waals surface area contributed by atoms with Crippen LogP contribution in [0.1, 0.15) is 53.4 Å². The molecule has 2 heteroatoms. The van der Waals surface area contributed by atoms with Crippen molar-refractivity contribution in [1.82, 2.24) is 5.32 Å². The van der Waals surface area contributed by atoms with E-state index in [0.29, 0.717) is 5.41 Å². The summed E-state index contributed by atoms with van der Waals surface area (Å²) in [4.78, 5) is 0. The molecule has 0 aromatic heterocycles. The molecule has 0 aliphatic heterocycles. The topological polar surface area (TPSA) is 38.0 Å². The molecule has 0 aromatic rings. The van der Waals surface area contributed by atoms with Gasteiger partial charge in [0.15, 0.2) is 0 Å². The van der Waals surface area contributed by atoms with E-state index in [-0.39, 0.29) is 5.54 Å². The predicted octanol–water partition coefficient (Wildman–Crippen LogP) is 2.53. The van der Waals surface area contributed by atoms with Crippen molar-refractivity contribution in [2.75, 3.05) is 13.1 Å². The van der Waals surface area contributed by atoms with Gasteiger partial charge in [0.25, 0.3) is 0 Å². The van der Waals surface area contributed by atoms with Crippen LogP contribution in [0.25, 0.3) is 0 Å².